The minimum absolute atomic E-state index is 0.0882. The summed E-state index contributed by atoms with van der Waals surface area (Å²) >= 11 is 1.20. The second kappa shape index (κ2) is 52.5. The summed E-state index contributed by atoms with van der Waals surface area (Å²) in [6.07, 6.45) is 54.9. The van der Waals surface area contributed by atoms with E-state index in [0.29, 0.717) is 42.7 Å². The predicted molar refractivity (Wildman–Crippen MR) is 335 cm³/mol. The van der Waals surface area contributed by atoms with Crippen LogP contribution in [-0.2, 0) is 38.1 Å². The van der Waals surface area contributed by atoms with E-state index in [9.17, 15) is 19.2 Å². The highest BCUT2D eigenvalue weighted by molar-refractivity contribution is 6.99. The minimum atomic E-state index is -0.794. The highest BCUT2D eigenvalue weighted by Gasteiger charge is 2.36. The van der Waals surface area contributed by atoms with Crippen LogP contribution < -0.4 is 4.74 Å². The van der Waals surface area contributed by atoms with Crippen molar-refractivity contribution in [3.8, 4) is 5.88 Å². The summed E-state index contributed by atoms with van der Waals surface area (Å²) in [5, 5.41) is 0. The number of aromatic nitrogens is 2. The maximum absolute atomic E-state index is 13.0. The second-order valence-corrected chi connectivity index (χ2v) is 24.9. The quantitative estimate of drug-likeness (QED) is 0.0266. The highest BCUT2D eigenvalue weighted by atomic mass is 32.1. The lowest BCUT2D eigenvalue weighted by Gasteiger charge is -2.41. The Kier molecular flexibility index (Phi) is 48.0. The fourth-order valence-electron chi connectivity index (χ4n) is 11.0. The van der Waals surface area contributed by atoms with Crippen LogP contribution in [0.25, 0.3) is 5.57 Å². The van der Waals surface area contributed by atoms with E-state index < -0.39 is 6.10 Å². The van der Waals surface area contributed by atoms with Gasteiger partial charge in [0.1, 0.15) is 25.5 Å². The number of carbonyl (C=O) groups excluding carboxylic acids is 4. The third-order valence-electron chi connectivity index (χ3n) is 16.6. The molecular formula is C68H124N3O9S+. The van der Waals surface area contributed by atoms with E-state index in [1.165, 1.54) is 192 Å². The maximum Gasteiger partial charge on any atom is 0.310 e. The standard InChI is InChI=1S/C68H124N3O9S/c1-6-9-12-15-17-19-21-24-28-32-36-40-44-51-63(72)77-58-62(59-78-64(73)52-45-41-37-33-29-25-22-20-18-16-13-10-7-2)80-66(75)54-47-43-39-35-31-27-23-26-30-34-38-42-46-53-65(74)79-60(4)71(5)55-49-50-61(57-71)67-68(70-81-69-67)76-56-48-14-11-8-3/h50,60,62H,6-49,51-59H2,1-5H3/q+1. The monoisotopic (exact) mass is 1160 g/mol. The predicted octanol–water partition coefficient (Wildman–Crippen LogP) is 19.4. The molecule has 81 heavy (non-hydrogen) atoms. The molecular weight excluding hydrogens is 1030 g/mol. The zero-order valence-corrected chi connectivity index (χ0v) is 53.9. The van der Waals surface area contributed by atoms with E-state index in [1.54, 1.807) is 0 Å². The van der Waals surface area contributed by atoms with Gasteiger partial charge in [0.25, 0.3) is 5.88 Å². The first-order valence-electron chi connectivity index (χ1n) is 34.3. The van der Waals surface area contributed by atoms with Crippen LogP contribution >= 0.6 is 11.7 Å². The SMILES string of the molecule is CCCCCCCCCCCCCCCC(=O)OCC(COC(=O)CCCCCCCCCCCCCCC)OC(=O)CCCCCCCCCCCCCCCC(=O)OC(C)[N+]1(C)CCC=C(c2nsnc2OCCCCCC)C1. The Labute approximate surface area is 500 Å². The summed E-state index contributed by atoms with van der Waals surface area (Å²) < 4.78 is 38.6. The van der Waals surface area contributed by atoms with Gasteiger partial charge in [0.2, 0.25) is 6.23 Å². The molecule has 2 rings (SSSR count). The van der Waals surface area contributed by atoms with Gasteiger partial charge in [0, 0.05) is 44.6 Å². The number of hydrogen-bond acceptors (Lipinski definition) is 12. The molecule has 0 aliphatic carbocycles. The number of esters is 4. The van der Waals surface area contributed by atoms with Crippen LogP contribution in [0.5, 0.6) is 5.88 Å². The topological polar surface area (TPSA) is 140 Å². The number of ether oxygens (including phenoxy) is 5. The Bertz CT molecular complexity index is 1660. The molecule has 470 valence electrons. The Morgan fingerprint density at radius 1 is 0.457 bits per heavy atom. The van der Waals surface area contributed by atoms with Crippen LogP contribution in [0, 0.1) is 0 Å². The van der Waals surface area contributed by atoms with Gasteiger partial charge < -0.3 is 23.7 Å². The molecule has 0 spiro atoms. The summed E-state index contributed by atoms with van der Waals surface area (Å²) in [6, 6.07) is 0. The molecule has 0 saturated heterocycles. The average Bonchev–Trinajstić information content (AvgIpc) is 4.01. The molecule has 1 aromatic heterocycles. The molecule has 13 heteroatoms. The van der Waals surface area contributed by atoms with Crippen LogP contribution in [0.15, 0.2) is 6.08 Å². The largest absolute Gasteiger partial charge is 0.475 e. The molecule has 1 aliphatic rings. The van der Waals surface area contributed by atoms with Gasteiger partial charge in [0.05, 0.1) is 31.9 Å². The Morgan fingerprint density at radius 3 is 1.17 bits per heavy atom. The number of hydrogen-bond donors (Lipinski definition) is 0. The third kappa shape index (κ3) is 41.6. The number of carbonyl (C=O) groups is 4. The third-order valence-corrected chi connectivity index (χ3v) is 17.1. The van der Waals surface area contributed by atoms with Gasteiger partial charge in [-0.2, -0.15) is 4.37 Å². The molecule has 2 unspecified atom stereocenters. The van der Waals surface area contributed by atoms with E-state index >= 15 is 0 Å². The number of unbranched alkanes of at least 4 members (excludes halogenated alkanes) is 39. The van der Waals surface area contributed by atoms with Gasteiger partial charge in [-0.3, -0.25) is 23.7 Å². The van der Waals surface area contributed by atoms with Gasteiger partial charge >= 0.3 is 23.9 Å². The highest BCUT2D eigenvalue weighted by Crippen LogP contribution is 2.32. The molecule has 2 atom stereocenters. The van der Waals surface area contributed by atoms with Crippen LogP contribution in [0.3, 0.4) is 0 Å². The lowest BCUT2D eigenvalue weighted by molar-refractivity contribution is -0.944. The van der Waals surface area contributed by atoms with Crippen molar-refractivity contribution in [2.75, 3.05) is 40.0 Å². The molecule has 0 amide bonds. The van der Waals surface area contributed by atoms with Crippen molar-refractivity contribution in [2.45, 2.75) is 348 Å². The van der Waals surface area contributed by atoms with Crippen LogP contribution in [0.1, 0.15) is 342 Å². The number of rotatable bonds is 58. The van der Waals surface area contributed by atoms with E-state index in [0.717, 1.165) is 127 Å². The molecule has 1 aliphatic heterocycles. The van der Waals surface area contributed by atoms with Crippen molar-refractivity contribution in [3.63, 3.8) is 0 Å². The summed E-state index contributed by atoms with van der Waals surface area (Å²) in [5.41, 5.74) is 1.97. The molecule has 0 aromatic carbocycles. The van der Waals surface area contributed by atoms with E-state index in [2.05, 4.69) is 42.6 Å². The lowest BCUT2D eigenvalue weighted by Crippen LogP contribution is -2.55. The Hall–Kier alpha value is -3.06. The summed E-state index contributed by atoms with van der Waals surface area (Å²) in [5.74, 6) is -0.374. The Morgan fingerprint density at radius 2 is 0.790 bits per heavy atom. The summed E-state index contributed by atoms with van der Waals surface area (Å²) in [7, 11) is 2.17. The molecule has 0 bridgehead atoms. The lowest BCUT2D eigenvalue weighted by atomic mass is 10.0. The van der Waals surface area contributed by atoms with Crippen molar-refractivity contribution < 1.29 is 47.3 Å². The first kappa shape index (κ1) is 74.0. The zero-order valence-electron chi connectivity index (χ0n) is 53.1. The zero-order chi connectivity index (χ0) is 58.5. The van der Waals surface area contributed by atoms with Crippen molar-refractivity contribution in [2.24, 2.45) is 0 Å². The first-order valence-corrected chi connectivity index (χ1v) is 35.0. The number of nitrogens with zero attached hydrogens (tertiary/aromatic N) is 3. The molecule has 0 N–H and O–H groups in total. The van der Waals surface area contributed by atoms with E-state index in [4.69, 9.17) is 23.7 Å². The van der Waals surface area contributed by atoms with Crippen molar-refractivity contribution in [1.29, 1.82) is 0 Å². The van der Waals surface area contributed by atoms with Gasteiger partial charge in [0.15, 0.2) is 6.10 Å². The van der Waals surface area contributed by atoms with Crippen molar-refractivity contribution in [3.05, 3.63) is 11.8 Å². The first-order chi connectivity index (χ1) is 39.6. The van der Waals surface area contributed by atoms with Crippen LogP contribution in [0.4, 0.5) is 0 Å². The smallest absolute Gasteiger partial charge is 0.310 e. The van der Waals surface area contributed by atoms with Gasteiger partial charge in [-0.1, -0.05) is 271 Å². The van der Waals surface area contributed by atoms with Crippen LogP contribution in [-0.4, -0.2) is 89.4 Å². The van der Waals surface area contributed by atoms with Gasteiger partial charge in [-0.15, -0.1) is 4.37 Å². The van der Waals surface area contributed by atoms with Gasteiger partial charge in [-0.05, 0) is 32.1 Å². The summed E-state index contributed by atoms with van der Waals surface area (Å²) in [4.78, 5) is 51.3. The maximum atomic E-state index is 13.0. The average molecular weight is 1160 g/mol. The molecule has 12 nitrogen and oxygen atoms in total. The second-order valence-electron chi connectivity index (χ2n) is 24.4. The van der Waals surface area contributed by atoms with Crippen molar-refractivity contribution in [1.82, 2.24) is 8.75 Å². The molecule has 0 saturated carbocycles. The molecule has 2 heterocycles. The Balaban J connectivity index is 1.56. The normalized spacial score (nSPS) is 14.7. The number of quaternary nitrogens is 1. The fraction of sp³-hybridized carbons (Fsp3) is 0.882. The molecule has 0 fully saturated rings. The van der Waals surface area contributed by atoms with Crippen LogP contribution in [0.2, 0.25) is 0 Å². The fourth-order valence-corrected chi connectivity index (χ4v) is 11.6. The molecule has 0 radical (unpaired) electrons. The molecule has 1 aromatic rings. The van der Waals surface area contributed by atoms with Crippen molar-refractivity contribution >= 4 is 41.2 Å². The van der Waals surface area contributed by atoms with Gasteiger partial charge in [-0.25, -0.2) is 0 Å². The van der Waals surface area contributed by atoms with E-state index in [1.807, 2.05) is 6.92 Å². The summed E-state index contributed by atoms with van der Waals surface area (Å²) in [6.45, 7) is 10.9. The number of likely N-dealkylation sites (N-methyl/N-ethyl adjacent to an activating group) is 1. The minimum Gasteiger partial charge on any atom is -0.475 e. The van der Waals surface area contributed by atoms with E-state index in [-0.39, 0.29) is 43.3 Å².